The molecule has 0 saturated heterocycles. The lowest BCUT2D eigenvalue weighted by Gasteiger charge is -2.06. The zero-order chi connectivity index (χ0) is 43.3. The molecule has 4 nitrogen and oxygen atoms in total. The summed E-state index contributed by atoms with van der Waals surface area (Å²) in [6.45, 7) is 5.81. The zero-order valence-electron chi connectivity index (χ0n) is 41.4. The Labute approximate surface area is 377 Å². The van der Waals surface area contributed by atoms with Gasteiger partial charge >= 0.3 is 11.9 Å². The van der Waals surface area contributed by atoms with Crippen molar-refractivity contribution < 1.29 is 19.1 Å². The van der Waals surface area contributed by atoms with Crippen LogP contribution >= 0.6 is 0 Å². The molecule has 0 spiro atoms. The van der Waals surface area contributed by atoms with Crippen molar-refractivity contribution in [1.82, 2.24) is 0 Å². The van der Waals surface area contributed by atoms with Gasteiger partial charge in [-0.3, -0.25) is 9.59 Å². The Bertz CT molecular complexity index is 745. The van der Waals surface area contributed by atoms with Crippen LogP contribution in [0, 0.1) is 0 Å². The van der Waals surface area contributed by atoms with Gasteiger partial charge in [-0.05, 0) is 25.7 Å². The zero-order valence-corrected chi connectivity index (χ0v) is 41.4. The van der Waals surface area contributed by atoms with Crippen LogP contribution < -0.4 is 0 Å². The number of rotatable bonds is 53. The SMILES string of the molecule is CCCCCCCCCCCCCCCCCCCC(=O)OCCCCCCCCCCCCCCCCOC(=O)CCCCCCCCCCCCCCCCCCC. The van der Waals surface area contributed by atoms with Gasteiger partial charge in [-0.25, -0.2) is 0 Å². The maximum Gasteiger partial charge on any atom is 0.305 e. The monoisotopic (exact) mass is 847 g/mol. The van der Waals surface area contributed by atoms with Gasteiger partial charge in [-0.15, -0.1) is 0 Å². The number of esters is 2. The summed E-state index contributed by atoms with van der Waals surface area (Å²) in [6.07, 6.45) is 65.4. The molecule has 0 radical (unpaired) electrons. The van der Waals surface area contributed by atoms with Crippen molar-refractivity contribution in [3.63, 3.8) is 0 Å². The Morgan fingerprint density at radius 3 is 0.550 bits per heavy atom. The molecular formula is C56H110O4. The van der Waals surface area contributed by atoms with Crippen LogP contribution in [-0.2, 0) is 19.1 Å². The van der Waals surface area contributed by atoms with Crippen molar-refractivity contribution >= 4 is 11.9 Å². The van der Waals surface area contributed by atoms with Crippen molar-refractivity contribution in [1.29, 1.82) is 0 Å². The van der Waals surface area contributed by atoms with Gasteiger partial charge in [0.25, 0.3) is 0 Å². The molecule has 0 aliphatic heterocycles. The van der Waals surface area contributed by atoms with Gasteiger partial charge in [0.15, 0.2) is 0 Å². The molecule has 0 aromatic rings. The highest BCUT2D eigenvalue weighted by Gasteiger charge is 2.05. The van der Waals surface area contributed by atoms with Gasteiger partial charge in [-0.1, -0.05) is 296 Å². The van der Waals surface area contributed by atoms with Gasteiger partial charge in [0.05, 0.1) is 13.2 Å². The summed E-state index contributed by atoms with van der Waals surface area (Å²) in [7, 11) is 0. The third-order valence-electron chi connectivity index (χ3n) is 13.0. The predicted octanol–water partition coefficient (Wildman–Crippen LogP) is 19.6. The van der Waals surface area contributed by atoms with Crippen LogP contribution in [0.1, 0.15) is 335 Å². The van der Waals surface area contributed by atoms with Crippen molar-refractivity contribution in [2.45, 2.75) is 335 Å². The molecule has 0 atom stereocenters. The average molecular weight is 847 g/mol. The lowest BCUT2D eigenvalue weighted by molar-refractivity contribution is -0.144. The Balaban J connectivity index is 3.20. The quantitative estimate of drug-likeness (QED) is 0.0452. The van der Waals surface area contributed by atoms with Crippen molar-refractivity contribution in [2.24, 2.45) is 0 Å². The first-order valence-electron chi connectivity index (χ1n) is 28.0. The first-order valence-corrected chi connectivity index (χ1v) is 28.0. The molecule has 4 heteroatoms. The van der Waals surface area contributed by atoms with Gasteiger partial charge in [0.2, 0.25) is 0 Å². The molecule has 0 aromatic heterocycles. The van der Waals surface area contributed by atoms with E-state index in [0.29, 0.717) is 26.1 Å². The van der Waals surface area contributed by atoms with Crippen LogP contribution in [0.25, 0.3) is 0 Å². The molecule has 60 heavy (non-hydrogen) atoms. The smallest absolute Gasteiger partial charge is 0.305 e. The van der Waals surface area contributed by atoms with Crippen LogP contribution in [0.4, 0.5) is 0 Å². The summed E-state index contributed by atoms with van der Waals surface area (Å²) in [5, 5.41) is 0. The minimum Gasteiger partial charge on any atom is -0.466 e. The van der Waals surface area contributed by atoms with E-state index in [1.54, 1.807) is 0 Å². The number of ether oxygens (including phenoxy) is 2. The van der Waals surface area contributed by atoms with Crippen molar-refractivity contribution in [2.75, 3.05) is 13.2 Å². The molecule has 0 N–H and O–H groups in total. The standard InChI is InChI=1S/C56H110O4/c1-3-5-7-9-11-13-15-17-19-21-23-27-31-35-39-43-47-51-55(57)59-53-49-45-41-37-33-29-25-26-30-34-38-42-46-50-54-60-56(58)52-48-44-40-36-32-28-24-22-20-18-16-14-12-10-8-6-4-2/h3-54H2,1-2H3. The van der Waals surface area contributed by atoms with E-state index in [1.807, 2.05) is 0 Å². The average Bonchev–Trinajstić information content (AvgIpc) is 3.25. The number of carbonyl (C=O) groups is 2. The fraction of sp³-hybridized carbons (Fsp3) is 0.964. The summed E-state index contributed by atoms with van der Waals surface area (Å²) in [4.78, 5) is 24.1. The fourth-order valence-corrected chi connectivity index (χ4v) is 8.83. The second-order valence-corrected chi connectivity index (χ2v) is 19.2. The molecule has 0 aromatic carbocycles. The van der Waals surface area contributed by atoms with Gasteiger partial charge in [0.1, 0.15) is 0 Å². The number of carbonyl (C=O) groups excluding carboxylic acids is 2. The highest BCUT2D eigenvalue weighted by Crippen LogP contribution is 2.17. The molecule has 0 unspecified atom stereocenters. The minimum atomic E-state index is 0.0163. The molecular weight excluding hydrogens is 737 g/mol. The van der Waals surface area contributed by atoms with Crippen molar-refractivity contribution in [3.8, 4) is 0 Å². The number of unbranched alkanes of at least 4 members (excludes halogenated alkanes) is 45. The van der Waals surface area contributed by atoms with E-state index in [9.17, 15) is 9.59 Å². The summed E-state index contributed by atoms with van der Waals surface area (Å²) >= 11 is 0. The Morgan fingerprint density at radius 1 is 0.217 bits per heavy atom. The van der Waals surface area contributed by atoms with Gasteiger partial charge in [0, 0.05) is 12.8 Å². The van der Waals surface area contributed by atoms with Gasteiger partial charge in [-0.2, -0.15) is 0 Å². The lowest BCUT2D eigenvalue weighted by atomic mass is 10.0. The Hall–Kier alpha value is -1.06. The second-order valence-electron chi connectivity index (χ2n) is 19.2. The first kappa shape index (κ1) is 58.9. The van der Waals surface area contributed by atoms with Crippen LogP contribution in [-0.4, -0.2) is 25.2 Å². The van der Waals surface area contributed by atoms with Crippen LogP contribution in [0.3, 0.4) is 0 Å². The van der Waals surface area contributed by atoms with Crippen molar-refractivity contribution in [3.05, 3.63) is 0 Å². The molecule has 0 amide bonds. The minimum absolute atomic E-state index is 0.0163. The molecule has 0 aliphatic rings. The Kier molecular flexibility index (Phi) is 53.1. The maximum atomic E-state index is 12.1. The van der Waals surface area contributed by atoms with E-state index in [1.165, 1.54) is 283 Å². The second kappa shape index (κ2) is 54.1. The van der Waals surface area contributed by atoms with Crippen LogP contribution in [0.15, 0.2) is 0 Å². The topological polar surface area (TPSA) is 52.6 Å². The van der Waals surface area contributed by atoms with E-state index in [4.69, 9.17) is 9.47 Å². The van der Waals surface area contributed by atoms with E-state index in [-0.39, 0.29) is 11.9 Å². The number of hydrogen-bond donors (Lipinski definition) is 0. The third kappa shape index (κ3) is 53.1. The lowest BCUT2D eigenvalue weighted by Crippen LogP contribution is -2.05. The highest BCUT2D eigenvalue weighted by molar-refractivity contribution is 5.69. The molecule has 0 rings (SSSR count). The predicted molar refractivity (Wildman–Crippen MR) is 264 cm³/mol. The summed E-state index contributed by atoms with van der Waals surface area (Å²) in [5.41, 5.74) is 0. The largest absolute Gasteiger partial charge is 0.466 e. The third-order valence-corrected chi connectivity index (χ3v) is 13.0. The van der Waals surface area contributed by atoms with E-state index >= 15 is 0 Å². The maximum absolute atomic E-state index is 12.1. The normalized spacial score (nSPS) is 11.4. The highest BCUT2D eigenvalue weighted by atomic mass is 16.5. The van der Waals surface area contributed by atoms with E-state index < -0.39 is 0 Å². The molecule has 0 saturated carbocycles. The summed E-state index contributed by atoms with van der Waals surface area (Å²) < 4.78 is 11.0. The fourth-order valence-electron chi connectivity index (χ4n) is 8.83. The molecule has 0 fully saturated rings. The summed E-state index contributed by atoms with van der Waals surface area (Å²) in [6, 6.07) is 0. The summed E-state index contributed by atoms with van der Waals surface area (Å²) in [5.74, 6) is 0.0327. The first-order chi connectivity index (χ1) is 29.7. The van der Waals surface area contributed by atoms with E-state index in [0.717, 1.165) is 25.7 Å². The van der Waals surface area contributed by atoms with Crippen LogP contribution in [0.2, 0.25) is 0 Å². The Morgan fingerprint density at radius 2 is 0.367 bits per heavy atom. The molecule has 0 heterocycles. The van der Waals surface area contributed by atoms with Crippen LogP contribution in [0.5, 0.6) is 0 Å². The molecule has 0 bridgehead atoms. The molecule has 358 valence electrons. The van der Waals surface area contributed by atoms with E-state index in [2.05, 4.69) is 13.8 Å². The van der Waals surface area contributed by atoms with Gasteiger partial charge < -0.3 is 9.47 Å². The molecule has 0 aliphatic carbocycles. The number of hydrogen-bond acceptors (Lipinski definition) is 4.